The van der Waals surface area contributed by atoms with Crippen molar-refractivity contribution in [2.24, 2.45) is 4.99 Å². The van der Waals surface area contributed by atoms with Gasteiger partial charge in [0.2, 0.25) is 0 Å². The van der Waals surface area contributed by atoms with Gasteiger partial charge in [-0.3, -0.25) is 9.89 Å². The van der Waals surface area contributed by atoms with E-state index in [9.17, 15) is 4.39 Å². The van der Waals surface area contributed by atoms with E-state index < -0.39 is 0 Å². The van der Waals surface area contributed by atoms with E-state index in [2.05, 4.69) is 44.8 Å². The minimum atomic E-state index is -0.224. The first-order chi connectivity index (χ1) is 13.2. The van der Waals surface area contributed by atoms with Gasteiger partial charge in [-0.1, -0.05) is 36.4 Å². The molecule has 0 amide bonds. The molecule has 1 aliphatic heterocycles. The third kappa shape index (κ3) is 7.03. The minimum absolute atomic E-state index is 0. The summed E-state index contributed by atoms with van der Waals surface area (Å²) in [5, 5.41) is 6.63. The molecule has 0 saturated carbocycles. The molecule has 0 unspecified atom stereocenters. The van der Waals surface area contributed by atoms with E-state index in [-0.39, 0.29) is 29.8 Å². The molecule has 1 heterocycles. The van der Waals surface area contributed by atoms with Gasteiger partial charge in [-0.15, -0.1) is 24.0 Å². The SMILES string of the molecule is CN=C(NCc1ccc(F)cc1)NCc1ccccc1CN1CCOCC1.I. The number of ether oxygens (including phenoxy) is 1. The zero-order valence-corrected chi connectivity index (χ0v) is 18.5. The molecule has 0 aromatic heterocycles. The lowest BCUT2D eigenvalue weighted by Gasteiger charge is -2.27. The van der Waals surface area contributed by atoms with Crippen molar-refractivity contribution in [1.82, 2.24) is 15.5 Å². The van der Waals surface area contributed by atoms with Crippen molar-refractivity contribution in [2.45, 2.75) is 19.6 Å². The minimum Gasteiger partial charge on any atom is -0.379 e. The molecule has 2 aromatic carbocycles. The second-order valence-electron chi connectivity index (χ2n) is 6.56. The Kier molecular flexibility index (Phi) is 9.66. The summed E-state index contributed by atoms with van der Waals surface area (Å²) in [7, 11) is 1.75. The van der Waals surface area contributed by atoms with Gasteiger partial charge in [0.15, 0.2) is 5.96 Å². The number of halogens is 2. The van der Waals surface area contributed by atoms with Crippen LogP contribution in [-0.4, -0.2) is 44.2 Å². The summed E-state index contributed by atoms with van der Waals surface area (Å²) >= 11 is 0. The van der Waals surface area contributed by atoms with E-state index in [1.807, 2.05) is 0 Å². The molecular formula is C21H28FIN4O. The monoisotopic (exact) mass is 498 g/mol. The van der Waals surface area contributed by atoms with Gasteiger partial charge in [-0.2, -0.15) is 0 Å². The third-order valence-electron chi connectivity index (χ3n) is 4.66. The second-order valence-corrected chi connectivity index (χ2v) is 6.56. The van der Waals surface area contributed by atoms with Crippen LogP contribution in [0, 0.1) is 5.82 Å². The van der Waals surface area contributed by atoms with Crippen molar-refractivity contribution < 1.29 is 9.13 Å². The van der Waals surface area contributed by atoms with Crippen LogP contribution in [0.15, 0.2) is 53.5 Å². The van der Waals surface area contributed by atoms with Crippen LogP contribution in [0.3, 0.4) is 0 Å². The van der Waals surface area contributed by atoms with E-state index in [1.165, 1.54) is 23.3 Å². The number of benzene rings is 2. The molecule has 1 aliphatic rings. The molecule has 0 spiro atoms. The van der Waals surface area contributed by atoms with Gasteiger partial charge in [0.25, 0.3) is 0 Å². The van der Waals surface area contributed by atoms with Gasteiger partial charge in [0.05, 0.1) is 13.2 Å². The van der Waals surface area contributed by atoms with Crippen LogP contribution in [0.1, 0.15) is 16.7 Å². The number of nitrogens with one attached hydrogen (secondary N) is 2. The number of guanidine groups is 1. The fourth-order valence-corrected chi connectivity index (χ4v) is 3.07. The van der Waals surface area contributed by atoms with Gasteiger partial charge in [0, 0.05) is 39.8 Å². The Morgan fingerprint density at radius 3 is 2.32 bits per heavy atom. The zero-order valence-electron chi connectivity index (χ0n) is 16.2. The van der Waals surface area contributed by atoms with Crippen LogP contribution in [0.5, 0.6) is 0 Å². The summed E-state index contributed by atoms with van der Waals surface area (Å²) in [6, 6.07) is 15.0. The average Bonchev–Trinajstić information content (AvgIpc) is 2.71. The van der Waals surface area contributed by atoms with Gasteiger partial charge in [0.1, 0.15) is 5.82 Å². The Morgan fingerprint density at radius 2 is 1.64 bits per heavy atom. The number of nitrogens with zero attached hydrogens (tertiary/aromatic N) is 2. The molecule has 7 heteroatoms. The summed E-state index contributed by atoms with van der Waals surface area (Å²) < 4.78 is 18.4. The topological polar surface area (TPSA) is 48.9 Å². The summed E-state index contributed by atoms with van der Waals surface area (Å²) in [5.41, 5.74) is 3.58. The third-order valence-corrected chi connectivity index (χ3v) is 4.66. The van der Waals surface area contributed by atoms with Crippen LogP contribution in [0.2, 0.25) is 0 Å². The first-order valence-electron chi connectivity index (χ1n) is 9.30. The Bertz CT molecular complexity index is 748. The lowest BCUT2D eigenvalue weighted by molar-refractivity contribution is 0.0341. The molecular weight excluding hydrogens is 470 g/mol. The quantitative estimate of drug-likeness (QED) is 0.365. The Morgan fingerprint density at radius 1 is 1.00 bits per heavy atom. The Balaban J connectivity index is 0.00000280. The number of hydrogen-bond donors (Lipinski definition) is 2. The van der Waals surface area contributed by atoms with Crippen molar-refractivity contribution in [1.29, 1.82) is 0 Å². The van der Waals surface area contributed by atoms with Gasteiger partial charge >= 0.3 is 0 Å². The normalized spacial score (nSPS) is 15.0. The molecule has 28 heavy (non-hydrogen) atoms. The van der Waals surface area contributed by atoms with Crippen molar-refractivity contribution in [3.05, 3.63) is 71.0 Å². The molecule has 5 nitrogen and oxygen atoms in total. The molecule has 0 atom stereocenters. The van der Waals surface area contributed by atoms with Crippen molar-refractivity contribution >= 4 is 29.9 Å². The fraction of sp³-hybridized carbons (Fsp3) is 0.381. The molecule has 3 rings (SSSR count). The molecule has 1 fully saturated rings. The maximum Gasteiger partial charge on any atom is 0.191 e. The van der Waals surface area contributed by atoms with Crippen molar-refractivity contribution in [2.75, 3.05) is 33.4 Å². The molecule has 2 aromatic rings. The van der Waals surface area contributed by atoms with Crippen LogP contribution in [0.25, 0.3) is 0 Å². The number of rotatable bonds is 6. The largest absolute Gasteiger partial charge is 0.379 e. The molecule has 2 N–H and O–H groups in total. The second kappa shape index (κ2) is 12.0. The first-order valence-corrected chi connectivity index (χ1v) is 9.30. The summed E-state index contributed by atoms with van der Waals surface area (Å²) in [5.74, 6) is 0.499. The molecule has 1 saturated heterocycles. The zero-order chi connectivity index (χ0) is 18.9. The van der Waals surface area contributed by atoms with Crippen molar-refractivity contribution in [3.8, 4) is 0 Å². The fourth-order valence-electron chi connectivity index (χ4n) is 3.07. The smallest absolute Gasteiger partial charge is 0.191 e. The first kappa shape index (κ1) is 22.6. The average molecular weight is 498 g/mol. The van der Waals surface area contributed by atoms with E-state index in [4.69, 9.17) is 4.74 Å². The highest BCUT2D eigenvalue weighted by Gasteiger charge is 2.12. The molecule has 0 bridgehead atoms. The highest BCUT2D eigenvalue weighted by Crippen LogP contribution is 2.13. The van der Waals surface area contributed by atoms with Gasteiger partial charge in [-0.25, -0.2) is 4.39 Å². The van der Waals surface area contributed by atoms with E-state index in [1.54, 1.807) is 19.2 Å². The predicted octanol–water partition coefficient (Wildman–Crippen LogP) is 3.14. The van der Waals surface area contributed by atoms with Crippen LogP contribution >= 0.6 is 24.0 Å². The number of morpholine rings is 1. The summed E-state index contributed by atoms with van der Waals surface area (Å²) in [4.78, 5) is 6.70. The van der Waals surface area contributed by atoms with E-state index in [0.29, 0.717) is 13.1 Å². The predicted molar refractivity (Wildman–Crippen MR) is 121 cm³/mol. The summed E-state index contributed by atoms with van der Waals surface area (Å²) in [6.07, 6.45) is 0. The Hall–Kier alpha value is -1.71. The highest BCUT2D eigenvalue weighted by atomic mass is 127. The number of hydrogen-bond acceptors (Lipinski definition) is 3. The lowest BCUT2D eigenvalue weighted by Crippen LogP contribution is -2.37. The van der Waals surface area contributed by atoms with Crippen LogP contribution < -0.4 is 10.6 Å². The van der Waals surface area contributed by atoms with Crippen LogP contribution in [-0.2, 0) is 24.4 Å². The van der Waals surface area contributed by atoms with Crippen molar-refractivity contribution in [3.63, 3.8) is 0 Å². The number of aliphatic imine (C=N–C) groups is 1. The van der Waals surface area contributed by atoms with Gasteiger partial charge < -0.3 is 15.4 Å². The highest BCUT2D eigenvalue weighted by molar-refractivity contribution is 14.0. The standard InChI is InChI=1S/C21H27FN4O.HI/c1-23-21(24-14-17-6-8-20(22)9-7-17)25-15-18-4-2-3-5-19(18)16-26-10-12-27-13-11-26;/h2-9H,10-16H2,1H3,(H2,23,24,25);1H. The lowest BCUT2D eigenvalue weighted by atomic mass is 10.1. The van der Waals surface area contributed by atoms with E-state index >= 15 is 0 Å². The van der Waals surface area contributed by atoms with Crippen LogP contribution in [0.4, 0.5) is 4.39 Å². The maximum atomic E-state index is 13.0. The molecule has 0 radical (unpaired) electrons. The maximum absolute atomic E-state index is 13.0. The Labute approximate surface area is 183 Å². The van der Waals surface area contributed by atoms with E-state index in [0.717, 1.165) is 44.4 Å². The molecule has 152 valence electrons. The molecule has 0 aliphatic carbocycles. The van der Waals surface area contributed by atoms with Gasteiger partial charge in [-0.05, 0) is 28.8 Å². The summed E-state index contributed by atoms with van der Waals surface area (Å²) in [6.45, 7) is 5.79.